The summed E-state index contributed by atoms with van der Waals surface area (Å²) in [4.78, 5) is 42.9. The van der Waals surface area contributed by atoms with Crippen LogP contribution in [0.15, 0.2) is 60.7 Å². The number of rotatable bonds is 8. The number of anilines is 1. The van der Waals surface area contributed by atoms with E-state index in [1.807, 2.05) is 6.07 Å². The standard InChI is InChI=1S/C28H29ClN2O6/c1-28(2,3)37-27(34)31-23-16-24(35-4)21(29)15-19(23)20(25(32)17-10-7-6-8-11-17)14-18-12-9-13-22(30-18)26(33)36-5/h6-13,15-16,20H,14H2,1-5H3,(H,31,34). The van der Waals surface area contributed by atoms with Gasteiger partial charge in [-0.2, -0.15) is 0 Å². The van der Waals surface area contributed by atoms with Gasteiger partial charge < -0.3 is 14.2 Å². The topological polar surface area (TPSA) is 104 Å². The van der Waals surface area contributed by atoms with E-state index in [2.05, 4.69) is 10.3 Å². The average Bonchev–Trinajstić information content (AvgIpc) is 2.86. The Hall–Kier alpha value is -3.91. The molecule has 9 heteroatoms. The van der Waals surface area contributed by atoms with Crippen molar-refractivity contribution in [3.05, 3.63) is 88.2 Å². The van der Waals surface area contributed by atoms with Crippen molar-refractivity contribution in [2.75, 3.05) is 19.5 Å². The van der Waals surface area contributed by atoms with E-state index in [1.165, 1.54) is 20.3 Å². The maximum absolute atomic E-state index is 13.8. The fourth-order valence-electron chi connectivity index (χ4n) is 3.70. The number of Topliss-reactive ketones (excluding diaryl/α,β-unsaturated/α-hetero) is 1. The summed E-state index contributed by atoms with van der Waals surface area (Å²) >= 11 is 6.47. The number of pyridine rings is 1. The number of halogens is 1. The minimum Gasteiger partial charge on any atom is -0.495 e. The fourth-order valence-corrected chi connectivity index (χ4v) is 3.95. The number of hydrogen-bond acceptors (Lipinski definition) is 7. The summed E-state index contributed by atoms with van der Waals surface area (Å²) in [5, 5.41) is 2.99. The quantitative estimate of drug-likeness (QED) is 0.281. The molecule has 0 bridgehead atoms. The Morgan fingerprint density at radius 3 is 2.32 bits per heavy atom. The summed E-state index contributed by atoms with van der Waals surface area (Å²) in [5.41, 5.74) is 1.06. The largest absolute Gasteiger partial charge is 0.495 e. The van der Waals surface area contributed by atoms with Gasteiger partial charge in [-0.05, 0) is 44.5 Å². The molecule has 1 amide bonds. The monoisotopic (exact) mass is 524 g/mol. The lowest BCUT2D eigenvalue weighted by atomic mass is 9.85. The molecule has 0 aliphatic carbocycles. The van der Waals surface area contributed by atoms with Crippen LogP contribution in [-0.4, -0.2) is 42.7 Å². The van der Waals surface area contributed by atoms with Crippen molar-refractivity contribution in [3.63, 3.8) is 0 Å². The molecule has 0 radical (unpaired) electrons. The van der Waals surface area contributed by atoms with Crippen molar-refractivity contribution >= 4 is 35.1 Å². The molecule has 194 valence electrons. The Labute approximate surface area is 220 Å². The molecule has 1 atom stereocenters. The Morgan fingerprint density at radius 2 is 1.70 bits per heavy atom. The van der Waals surface area contributed by atoms with Crippen LogP contribution < -0.4 is 10.1 Å². The molecule has 3 aromatic rings. The Kier molecular flexibility index (Phi) is 8.89. The molecule has 0 spiro atoms. The van der Waals surface area contributed by atoms with E-state index in [0.717, 1.165) is 0 Å². The van der Waals surface area contributed by atoms with Gasteiger partial charge in [-0.1, -0.05) is 48.0 Å². The Balaban J connectivity index is 2.13. The maximum atomic E-state index is 13.8. The van der Waals surface area contributed by atoms with Gasteiger partial charge in [0.05, 0.1) is 30.8 Å². The number of amides is 1. The van der Waals surface area contributed by atoms with Gasteiger partial charge in [0.2, 0.25) is 0 Å². The number of carbonyl (C=O) groups excluding carboxylic acids is 3. The maximum Gasteiger partial charge on any atom is 0.412 e. The summed E-state index contributed by atoms with van der Waals surface area (Å²) in [5.74, 6) is -1.32. The van der Waals surface area contributed by atoms with E-state index in [9.17, 15) is 14.4 Å². The highest BCUT2D eigenvalue weighted by Crippen LogP contribution is 2.38. The third-order valence-corrected chi connectivity index (χ3v) is 5.62. The molecule has 0 aliphatic rings. The van der Waals surface area contributed by atoms with Crippen molar-refractivity contribution < 1.29 is 28.6 Å². The lowest BCUT2D eigenvalue weighted by Crippen LogP contribution is -2.28. The zero-order valence-corrected chi connectivity index (χ0v) is 22.1. The van der Waals surface area contributed by atoms with E-state index in [1.54, 1.807) is 69.3 Å². The molecule has 1 unspecified atom stereocenters. The normalized spacial score (nSPS) is 11.8. The third kappa shape index (κ3) is 7.30. The molecule has 1 aromatic heterocycles. The van der Waals surface area contributed by atoms with Crippen LogP contribution in [0.2, 0.25) is 5.02 Å². The molecule has 2 aromatic carbocycles. The number of aromatic nitrogens is 1. The lowest BCUT2D eigenvalue weighted by molar-refractivity contribution is 0.0591. The van der Waals surface area contributed by atoms with Gasteiger partial charge in [-0.3, -0.25) is 10.1 Å². The molecule has 8 nitrogen and oxygen atoms in total. The minimum absolute atomic E-state index is 0.115. The highest BCUT2D eigenvalue weighted by atomic mass is 35.5. The van der Waals surface area contributed by atoms with Crippen LogP contribution in [0.1, 0.15) is 58.8 Å². The second kappa shape index (κ2) is 11.9. The lowest BCUT2D eigenvalue weighted by Gasteiger charge is -2.24. The summed E-state index contributed by atoms with van der Waals surface area (Å²) in [6.07, 6.45) is -0.584. The van der Waals surface area contributed by atoms with Gasteiger partial charge in [-0.25, -0.2) is 14.6 Å². The zero-order valence-electron chi connectivity index (χ0n) is 21.3. The first-order valence-corrected chi connectivity index (χ1v) is 11.9. The van der Waals surface area contributed by atoms with E-state index < -0.39 is 23.6 Å². The van der Waals surface area contributed by atoms with Crippen molar-refractivity contribution in [3.8, 4) is 5.75 Å². The van der Waals surface area contributed by atoms with E-state index in [4.69, 9.17) is 25.8 Å². The second-order valence-corrected chi connectivity index (χ2v) is 9.60. The number of nitrogens with one attached hydrogen (secondary N) is 1. The molecule has 0 saturated heterocycles. The van der Waals surface area contributed by atoms with Gasteiger partial charge >= 0.3 is 12.1 Å². The summed E-state index contributed by atoms with van der Waals surface area (Å²) < 4.78 is 15.6. The van der Waals surface area contributed by atoms with Gasteiger partial charge in [0.25, 0.3) is 0 Å². The first-order valence-electron chi connectivity index (χ1n) is 11.5. The smallest absolute Gasteiger partial charge is 0.412 e. The van der Waals surface area contributed by atoms with Gasteiger partial charge in [0.1, 0.15) is 17.0 Å². The molecule has 3 rings (SSSR count). The number of carbonyl (C=O) groups is 3. The van der Waals surface area contributed by atoms with Crippen LogP contribution in [0.25, 0.3) is 0 Å². The average molecular weight is 525 g/mol. The molecular weight excluding hydrogens is 496 g/mol. The summed E-state index contributed by atoms with van der Waals surface area (Å²) in [6.45, 7) is 5.24. The number of hydrogen-bond donors (Lipinski definition) is 1. The third-order valence-electron chi connectivity index (χ3n) is 5.32. The van der Waals surface area contributed by atoms with Crippen molar-refractivity contribution in [2.45, 2.75) is 38.7 Å². The molecule has 0 aliphatic heterocycles. The molecule has 37 heavy (non-hydrogen) atoms. The van der Waals surface area contributed by atoms with Crippen LogP contribution in [-0.2, 0) is 15.9 Å². The molecule has 1 heterocycles. The minimum atomic E-state index is -0.823. The summed E-state index contributed by atoms with van der Waals surface area (Å²) in [6, 6.07) is 16.8. The molecule has 1 N–H and O–H groups in total. The van der Waals surface area contributed by atoms with E-state index in [-0.39, 0.29) is 22.9 Å². The van der Waals surface area contributed by atoms with E-state index >= 15 is 0 Å². The SMILES string of the molecule is COC(=O)c1cccc(CC(C(=O)c2ccccc2)c2cc(Cl)c(OC)cc2NC(=O)OC(C)(C)C)n1. The fraction of sp³-hybridized carbons (Fsp3) is 0.286. The highest BCUT2D eigenvalue weighted by Gasteiger charge is 2.29. The first kappa shape index (κ1) is 27.7. The van der Waals surface area contributed by atoms with Crippen LogP contribution in [0.3, 0.4) is 0 Å². The van der Waals surface area contributed by atoms with Crippen LogP contribution in [0, 0.1) is 0 Å². The number of benzene rings is 2. The molecular formula is C28H29ClN2O6. The van der Waals surface area contributed by atoms with Crippen molar-refractivity contribution in [1.82, 2.24) is 4.98 Å². The highest BCUT2D eigenvalue weighted by molar-refractivity contribution is 6.32. The van der Waals surface area contributed by atoms with Crippen LogP contribution in [0.4, 0.5) is 10.5 Å². The zero-order chi connectivity index (χ0) is 27.2. The molecule has 0 saturated carbocycles. The number of esters is 1. The Morgan fingerprint density at radius 1 is 1.00 bits per heavy atom. The number of ether oxygens (including phenoxy) is 3. The number of methoxy groups -OCH3 is 2. The number of nitrogens with zero attached hydrogens (tertiary/aromatic N) is 1. The van der Waals surface area contributed by atoms with E-state index in [0.29, 0.717) is 28.3 Å². The number of ketones is 1. The summed E-state index contributed by atoms with van der Waals surface area (Å²) in [7, 11) is 2.72. The van der Waals surface area contributed by atoms with Crippen molar-refractivity contribution in [2.24, 2.45) is 0 Å². The first-order chi connectivity index (χ1) is 17.5. The van der Waals surface area contributed by atoms with Gasteiger partial charge in [-0.15, -0.1) is 0 Å². The predicted octanol–water partition coefficient (Wildman–Crippen LogP) is 6.09. The van der Waals surface area contributed by atoms with Crippen molar-refractivity contribution in [1.29, 1.82) is 0 Å². The predicted molar refractivity (Wildman–Crippen MR) is 141 cm³/mol. The Bertz CT molecular complexity index is 1290. The second-order valence-electron chi connectivity index (χ2n) is 9.19. The van der Waals surface area contributed by atoms with Gasteiger partial charge in [0, 0.05) is 23.7 Å². The van der Waals surface area contributed by atoms with Crippen LogP contribution >= 0.6 is 11.6 Å². The van der Waals surface area contributed by atoms with Crippen LogP contribution in [0.5, 0.6) is 5.75 Å². The molecule has 0 fully saturated rings. The van der Waals surface area contributed by atoms with Gasteiger partial charge in [0.15, 0.2) is 5.78 Å².